The summed E-state index contributed by atoms with van der Waals surface area (Å²) in [4.78, 5) is 38.1. The van der Waals surface area contributed by atoms with Gasteiger partial charge < -0.3 is 19.9 Å². The number of hydrogen-bond donors (Lipinski definition) is 2. The fourth-order valence-corrected chi connectivity index (χ4v) is 4.81. The maximum Gasteiger partial charge on any atom is 0.294 e. The number of methoxy groups -OCH3 is 2. The number of benzene rings is 1. The van der Waals surface area contributed by atoms with Gasteiger partial charge in [-0.05, 0) is 36.0 Å². The molecule has 0 bridgehead atoms. The largest absolute Gasteiger partial charge is 0.497 e. The number of ether oxygens (including phenoxy) is 2. The van der Waals surface area contributed by atoms with Crippen molar-refractivity contribution in [2.45, 2.75) is 12.1 Å². The second-order valence-corrected chi connectivity index (χ2v) is 8.22. The van der Waals surface area contributed by atoms with Gasteiger partial charge in [0.25, 0.3) is 11.1 Å². The van der Waals surface area contributed by atoms with Crippen molar-refractivity contribution in [1.29, 1.82) is 0 Å². The van der Waals surface area contributed by atoms with E-state index < -0.39 is 23.2 Å². The molecule has 1 aromatic rings. The first kappa shape index (κ1) is 20.6. The van der Waals surface area contributed by atoms with Crippen LogP contribution >= 0.6 is 23.5 Å². The van der Waals surface area contributed by atoms with Crippen molar-refractivity contribution >= 4 is 46.7 Å². The molecular weight excluding hydrogens is 404 g/mol. The number of aliphatic hydroxyl groups is 1. The summed E-state index contributed by atoms with van der Waals surface area (Å²) in [6.45, 7) is -0.384. The summed E-state index contributed by atoms with van der Waals surface area (Å²) in [6.07, 6.45) is 0.922. The van der Waals surface area contributed by atoms with Gasteiger partial charge in [0, 0.05) is 17.1 Å². The third kappa shape index (κ3) is 4.45. The molecule has 2 aliphatic rings. The fourth-order valence-electron chi connectivity index (χ4n) is 2.81. The molecule has 1 aromatic carbocycles. The Morgan fingerprint density at radius 2 is 2.11 bits per heavy atom. The summed E-state index contributed by atoms with van der Waals surface area (Å²) in [5, 5.41) is 11.9. The van der Waals surface area contributed by atoms with E-state index in [9.17, 15) is 19.5 Å². The van der Waals surface area contributed by atoms with Gasteiger partial charge >= 0.3 is 0 Å². The SMILES string of the molecule is COc1ccc(OC)c(/C=C2\SC(=O)N(CC(=O)N[C@@H]3CSC[C@@H]3O)C2=O)c1. The number of imide groups is 1. The van der Waals surface area contributed by atoms with Gasteiger partial charge in [0.2, 0.25) is 5.91 Å². The maximum absolute atomic E-state index is 12.6. The van der Waals surface area contributed by atoms with Crippen LogP contribution in [0.2, 0.25) is 0 Å². The number of aliphatic hydroxyl groups excluding tert-OH is 1. The first-order valence-corrected chi connectivity index (χ1v) is 10.4. The number of nitrogens with zero attached hydrogens (tertiary/aromatic N) is 1. The van der Waals surface area contributed by atoms with Crippen LogP contribution in [0.15, 0.2) is 23.1 Å². The van der Waals surface area contributed by atoms with Crippen molar-refractivity contribution in [3.63, 3.8) is 0 Å². The first-order valence-electron chi connectivity index (χ1n) is 8.45. The van der Waals surface area contributed by atoms with Crippen LogP contribution in [0.5, 0.6) is 11.5 Å². The van der Waals surface area contributed by atoms with Crippen LogP contribution in [0.25, 0.3) is 6.08 Å². The quantitative estimate of drug-likeness (QED) is 0.659. The van der Waals surface area contributed by atoms with Crippen molar-refractivity contribution in [3.05, 3.63) is 28.7 Å². The molecule has 0 aromatic heterocycles. The predicted octanol–water partition coefficient (Wildman–Crippen LogP) is 1.33. The van der Waals surface area contributed by atoms with Gasteiger partial charge in [0.15, 0.2) is 0 Å². The van der Waals surface area contributed by atoms with E-state index in [2.05, 4.69) is 5.32 Å². The van der Waals surface area contributed by atoms with Gasteiger partial charge in [0.1, 0.15) is 18.0 Å². The highest BCUT2D eigenvalue weighted by Gasteiger charge is 2.37. The lowest BCUT2D eigenvalue weighted by molar-refractivity contribution is -0.129. The smallest absolute Gasteiger partial charge is 0.294 e. The highest BCUT2D eigenvalue weighted by Crippen LogP contribution is 2.35. The zero-order valence-corrected chi connectivity index (χ0v) is 17.0. The average molecular weight is 425 g/mol. The number of amides is 3. The predicted molar refractivity (Wildman–Crippen MR) is 107 cm³/mol. The van der Waals surface area contributed by atoms with Crippen LogP contribution in [0.1, 0.15) is 5.56 Å². The summed E-state index contributed by atoms with van der Waals surface area (Å²) in [5.74, 6) is 1.24. The molecule has 0 spiro atoms. The zero-order chi connectivity index (χ0) is 20.3. The Bertz CT molecular complexity index is 828. The monoisotopic (exact) mass is 424 g/mol. The molecule has 0 radical (unpaired) electrons. The van der Waals surface area contributed by atoms with Crippen molar-refractivity contribution in [1.82, 2.24) is 10.2 Å². The second kappa shape index (κ2) is 8.89. The number of carbonyl (C=O) groups excluding carboxylic acids is 3. The molecule has 2 saturated heterocycles. The second-order valence-electron chi connectivity index (χ2n) is 6.15. The lowest BCUT2D eigenvalue weighted by atomic mass is 10.1. The van der Waals surface area contributed by atoms with Crippen molar-refractivity contribution in [2.24, 2.45) is 0 Å². The Morgan fingerprint density at radius 3 is 2.75 bits per heavy atom. The third-order valence-electron chi connectivity index (χ3n) is 4.30. The minimum absolute atomic E-state index is 0.195. The van der Waals surface area contributed by atoms with Crippen molar-refractivity contribution < 1.29 is 29.0 Å². The van der Waals surface area contributed by atoms with E-state index in [4.69, 9.17) is 9.47 Å². The molecule has 150 valence electrons. The Kier molecular flexibility index (Phi) is 6.53. The number of carbonyl (C=O) groups is 3. The van der Waals surface area contributed by atoms with E-state index in [-0.39, 0.29) is 17.5 Å². The Morgan fingerprint density at radius 1 is 1.32 bits per heavy atom. The topological polar surface area (TPSA) is 105 Å². The summed E-state index contributed by atoms with van der Waals surface area (Å²) in [7, 11) is 3.03. The van der Waals surface area contributed by atoms with Crippen LogP contribution in [-0.2, 0) is 9.59 Å². The number of thioether (sulfide) groups is 2. The summed E-state index contributed by atoms with van der Waals surface area (Å²) < 4.78 is 10.5. The lowest BCUT2D eigenvalue weighted by Gasteiger charge is -2.18. The molecule has 10 heteroatoms. The number of rotatable bonds is 6. The van der Waals surface area contributed by atoms with E-state index in [1.165, 1.54) is 26.0 Å². The normalized spacial score (nSPS) is 23.4. The van der Waals surface area contributed by atoms with Crippen LogP contribution in [-0.4, -0.2) is 71.5 Å². The standard InChI is InChI=1S/C18H20N2O6S2/c1-25-11-3-4-14(26-2)10(5-11)6-15-17(23)20(18(24)28-15)7-16(22)19-12-8-27-9-13(12)21/h3-6,12-13,21H,7-9H2,1-2H3,(H,19,22)/b15-6-/t12-,13+/m1/s1. The molecule has 0 aliphatic carbocycles. The third-order valence-corrected chi connectivity index (χ3v) is 6.38. The minimum Gasteiger partial charge on any atom is -0.497 e. The van der Waals surface area contributed by atoms with Gasteiger partial charge in [-0.15, -0.1) is 0 Å². The maximum atomic E-state index is 12.6. The molecule has 2 atom stereocenters. The van der Waals surface area contributed by atoms with E-state index in [0.717, 1.165) is 16.7 Å². The lowest BCUT2D eigenvalue weighted by Crippen LogP contribution is -2.47. The molecule has 2 aliphatic heterocycles. The fraction of sp³-hybridized carbons (Fsp3) is 0.389. The van der Waals surface area contributed by atoms with E-state index in [1.807, 2.05) is 0 Å². The molecule has 0 saturated carbocycles. The van der Waals surface area contributed by atoms with Gasteiger partial charge in [0.05, 0.1) is 31.3 Å². The Balaban J connectivity index is 1.73. The van der Waals surface area contributed by atoms with Gasteiger partial charge in [-0.25, -0.2) is 0 Å². The van der Waals surface area contributed by atoms with Crippen molar-refractivity contribution in [3.8, 4) is 11.5 Å². The number of nitrogens with one attached hydrogen (secondary N) is 1. The molecule has 3 amide bonds. The molecule has 2 fully saturated rings. The van der Waals surface area contributed by atoms with E-state index >= 15 is 0 Å². The molecular formula is C18H20N2O6S2. The van der Waals surface area contributed by atoms with E-state index in [1.54, 1.807) is 24.3 Å². The summed E-state index contributed by atoms with van der Waals surface area (Å²) >= 11 is 2.30. The molecule has 0 unspecified atom stereocenters. The first-order chi connectivity index (χ1) is 13.4. The highest BCUT2D eigenvalue weighted by atomic mass is 32.2. The van der Waals surface area contributed by atoms with Crippen LogP contribution in [0, 0.1) is 0 Å². The van der Waals surface area contributed by atoms with Gasteiger partial charge in [-0.1, -0.05) is 0 Å². The van der Waals surface area contributed by atoms with Gasteiger partial charge in [-0.3, -0.25) is 19.3 Å². The molecule has 3 rings (SSSR count). The number of hydrogen-bond acceptors (Lipinski definition) is 8. The zero-order valence-electron chi connectivity index (χ0n) is 15.3. The van der Waals surface area contributed by atoms with E-state index in [0.29, 0.717) is 28.6 Å². The Labute approximate surface area is 170 Å². The van der Waals surface area contributed by atoms with Gasteiger partial charge in [-0.2, -0.15) is 11.8 Å². The molecule has 2 heterocycles. The Hall–Kier alpha value is -2.17. The van der Waals surface area contributed by atoms with Crippen LogP contribution < -0.4 is 14.8 Å². The van der Waals surface area contributed by atoms with Crippen LogP contribution in [0.3, 0.4) is 0 Å². The molecule has 28 heavy (non-hydrogen) atoms. The van der Waals surface area contributed by atoms with Crippen molar-refractivity contribution in [2.75, 3.05) is 32.3 Å². The molecule has 2 N–H and O–H groups in total. The molecule has 8 nitrogen and oxygen atoms in total. The minimum atomic E-state index is -0.621. The highest BCUT2D eigenvalue weighted by molar-refractivity contribution is 8.18. The average Bonchev–Trinajstić information content (AvgIpc) is 3.19. The summed E-state index contributed by atoms with van der Waals surface area (Å²) in [5.41, 5.74) is 0.586. The summed E-state index contributed by atoms with van der Waals surface area (Å²) in [6, 6.07) is 4.75. The van der Waals surface area contributed by atoms with Crippen LogP contribution in [0.4, 0.5) is 4.79 Å².